The van der Waals surface area contributed by atoms with Crippen LogP contribution in [0.3, 0.4) is 0 Å². The van der Waals surface area contributed by atoms with Gasteiger partial charge in [0.05, 0.1) is 11.7 Å². The molecule has 4 unspecified atom stereocenters. The highest BCUT2D eigenvalue weighted by Gasteiger charge is 2.55. The molecule has 1 fully saturated rings. The third kappa shape index (κ3) is 7.20. The Balaban J connectivity index is 1.26. The average molecular weight is 896 g/mol. The Morgan fingerprint density at radius 1 is 0.588 bits per heavy atom. The Kier molecular flexibility index (Phi) is 10.3. The maximum absolute atomic E-state index is 2.83. The number of hydrogen-bond donors (Lipinski definition) is 0. The second-order valence-electron chi connectivity index (χ2n) is 25.5. The van der Waals surface area contributed by atoms with Crippen molar-refractivity contribution in [1.82, 2.24) is 0 Å². The molecule has 5 aromatic carbocycles. The van der Waals surface area contributed by atoms with Gasteiger partial charge in [0.1, 0.15) is 0 Å². The molecular formula is C64H74BN3. The van der Waals surface area contributed by atoms with Gasteiger partial charge in [-0.25, -0.2) is 0 Å². The first kappa shape index (κ1) is 45.0. The number of aryl methyl sites for hydroxylation is 2. The molecule has 4 aliphatic carbocycles. The molecule has 0 N–H and O–H groups in total. The Morgan fingerprint density at radius 2 is 1.15 bits per heavy atom. The van der Waals surface area contributed by atoms with E-state index in [0.717, 1.165) is 19.3 Å². The summed E-state index contributed by atoms with van der Waals surface area (Å²) in [5.41, 5.74) is 25.6. The van der Waals surface area contributed by atoms with Crippen LogP contribution in [0.2, 0.25) is 0 Å². The van der Waals surface area contributed by atoms with Crippen LogP contribution in [0.15, 0.2) is 155 Å². The Bertz CT molecular complexity index is 2940. The van der Waals surface area contributed by atoms with E-state index in [1.54, 1.807) is 27.7 Å². The first-order chi connectivity index (χ1) is 32.1. The van der Waals surface area contributed by atoms with E-state index in [1.807, 2.05) is 0 Å². The van der Waals surface area contributed by atoms with E-state index in [1.165, 1.54) is 79.6 Å². The predicted octanol–water partition coefficient (Wildman–Crippen LogP) is 16.8. The number of anilines is 7. The molecule has 0 amide bonds. The minimum absolute atomic E-state index is 0.0428. The van der Waals surface area contributed by atoms with Crippen LogP contribution in [-0.4, -0.2) is 12.8 Å². The Morgan fingerprint density at radius 3 is 1.72 bits per heavy atom. The first-order valence-electron chi connectivity index (χ1n) is 25.9. The van der Waals surface area contributed by atoms with Crippen LogP contribution in [-0.2, 0) is 10.8 Å². The highest BCUT2D eigenvalue weighted by atomic mass is 15.2. The normalized spacial score (nSPS) is 23.4. The van der Waals surface area contributed by atoms with Crippen molar-refractivity contribution in [3.8, 4) is 0 Å². The molecule has 6 aliphatic rings. The zero-order valence-electron chi connectivity index (χ0n) is 43.6. The molecule has 5 aromatic rings. The van der Waals surface area contributed by atoms with Gasteiger partial charge in [0.15, 0.2) is 0 Å². The first-order valence-corrected chi connectivity index (χ1v) is 25.9. The Hall–Kier alpha value is -5.48. The summed E-state index contributed by atoms with van der Waals surface area (Å²) in [5.74, 6) is 1.30. The average Bonchev–Trinajstić information content (AvgIpc) is 3.77. The summed E-state index contributed by atoms with van der Waals surface area (Å²) >= 11 is 0. The van der Waals surface area contributed by atoms with Crippen LogP contribution in [0, 0.1) is 42.4 Å². The predicted molar refractivity (Wildman–Crippen MR) is 292 cm³/mol. The number of rotatable bonds is 5. The summed E-state index contributed by atoms with van der Waals surface area (Å²) in [6.07, 6.45) is 10.1. The van der Waals surface area contributed by atoms with E-state index in [-0.39, 0.29) is 34.4 Å². The zero-order valence-corrected chi connectivity index (χ0v) is 43.6. The van der Waals surface area contributed by atoms with E-state index in [0.29, 0.717) is 17.8 Å². The quantitative estimate of drug-likeness (QED) is 0.163. The third-order valence-electron chi connectivity index (χ3n) is 17.1. The summed E-state index contributed by atoms with van der Waals surface area (Å²) in [4.78, 5) is 8.11. The molecular weight excluding hydrogens is 822 g/mol. The van der Waals surface area contributed by atoms with Crippen molar-refractivity contribution in [2.45, 2.75) is 139 Å². The summed E-state index contributed by atoms with van der Waals surface area (Å²) in [6, 6.07) is 42.6. The van der Waals surface area contributed by atoms with E-state index in [4.69, 9.17) is 0 Å². The maximum Gasteiger partial charge on any atom is 0.243 e. The number of benzene rings is 5. The number of nitrogens with zero attached hydrogens (tertiary/aromatic N) is 3. The molecule has 0 aromatic heterocycles. The van der Waals surface area contributed by atoms with Gasteiger partial charge in [-0.1, -0.05) is 172 Å². The van der Waals surface area contributed by atoms with Crippen molar-refractivity contribution in [3.63, 3.8) is 0 Å². The molecule has 2 aliphatic heterocycles. The summed E-state index contributed by atoms with van der Waals surface area (Å²) in [7, 11) is 0. The second-order valence-corrected chi connectivity index (χ2v) is 25.5. The smallest absolute Gasteiger partial charge is 0.243 e. The van der Waals surface area contributed by atoms with Gasteiger partial charge in [-0.15, -0.1) is 0 Å². The molecule has 1 saturated carbocycles. The topological polar surface area (TPSA) is 9.72 Å². The van der Waals surface area contributed by atoms with Crippen LogP contribution in [0.4, 0.5) is 39.8 Å². The molecule has 11 rings (SSSR count). The lowest BCUT2D eigenvalue weighted by Gasteiger charge is -2.54. The Labute approximate surface area is 409 Å². The van der Waals surface area contributed by atoms with Crippen LogP contribution in [0.25, 0.3) is 0 Å². The van der Waals surface area contributed by atoms with E-state index >= 15 is 0 Å². The molecule has 2 heterocycles. The molecule has 0 bridgehead atoms. The minimum Gasteiger partial charge on any atom is -0.334 e. The lowest BCUT2D eigenvalue weighted by atomic mass is 9.28. The standard InChI is InChI=1S/C64H74BN3/c1-39-19-15-17-21-53(39)67-55-32-44-36-64(13,14)37-50(44)41(3)58(55)65-52-31-43-35-63(11,12)38-51(43)42(4)60(52)68(54-22-18-16-20-40(54)2)57-34-49(33-56(67)59(57)65)66(47-27-23-45(24-28-47)61(5,6)7)48-29-25-46(26-30-48)62(8,9)10/h15-34,41-42,50,60H,35-38H2,1-14H3. The summed E-state index contributed by atoms with van der Waals surface area (Å²) in [5, 5.41) is 0. The van der Waals surface area contributed by atoms with E-state index in [2.05, 4.69) is 233 Å². The number of allylic oxidation sites excluding steroid dienone is 5. The van der Waals surface area contributed by atoms with Gasteiger partial charge < -0.3 is 14.7 Å². The minimum atomic E-state index is 0.0428. The van der Waals surface area contributed by atoms with Crippen LogP contribution in [0.1, 0.15) is 131 Å². The fourth-order valence-corrected chi connectivity index (χ4v) is 13.8. The number of fused-ring (bicyclic) bond motifs is 4. The van der Waals surface area contributed by atoms with Gasteiger partial charge in [0.25, 0.3) is 0 Å². The van der Waals surface area contributed by atoms with Crippen molar-refractivity contribution >= 4 is 52.0 Å². The lowest BCUT2D eigenvalue weighted by Crippen LogP contribution is -2.60. The summed E-state index contributed by atoms with van der Waals surface area (Å²) in [6.45, 7) is 33.9. The lowest BCUT2D eigenvalue weighted by molar-refractivity contribution is 0.335. The molecule has 0 spiro atoms. The highest BCUT2D eigenvalue weighted by Crippen LogP contribution is 2.60. The van der Waals surface area contributed by atoms with Gasteiger partial charge in [0.2, 0.25) is 6.71 Å². The highest BCUT2D eigenvalue weighted by molar-refractivity contribution is 6.90. The number of hydrogen-bond acceptors (Lipinski definition) is 3. The molecule has 3 nitrogen and oxygen atoms in total. The molecule has 0 saturated heterocycles. The van der Waals surface area contributed by atoms with Crippen LogP contribution >= 0.6 is 0 Å². The van der Waals surface area contributed by atoms with Crippen molar-refractivity contribution < 1.29 is 0 Å². The fourth-order valence-electron chi connectivity index (χ4n) is 13.8. The van der Waals surface area contributed by atoms with Gasteiger partial charge in [-0.2, -0.15) is 0 Å². The monoisotopic (exact) mass is 896 g/mol. The largest absolute Gasteiger partial charge is 0.334 e. The van der Waals surface area contributed by atoms with Gasteiger partial charge >= 0.3 is 0 Å². The molecule has 68 heavy (non-hydrogen) atoms. The SMILES string of the molecule is Cc1ccccc1N1C2=C(B3C4=CC5=C(CC(C)(C)C5)C(C)C4N(c4ccccc4C)c4cc(N(c5ccc(C(C)(C)C)cc5)c5ccc(C(C)(C)C)cc5)cc1c43)C(C)C1CC(C)(C)CC1=C2. The van der Waals surface area contributed by atoms with E-state index < -0.39 is 0 Å². The zero-order chi connectivity index (χ0) is 48.0. The summed E-state index contributed by atoms with van der Waals surface area (Å²) < 4.78 is 0. The number of para-hydroxylation sites is 2. The third-order valence-corrected chi connectivity index (χ3v) is 17.1. The molecule has 348 valence electrons. The van der Waals surface area contributed by atoms with Crippen molar-refractivity contribution in [3.05, 3.63) is 177 Å². The van der Waals surface area contributed by atoms with Crippen molar-refractivity contribution in [2.24, 2.45) is 28.6 Å². The van der Waals surface area contributed by atoms with Gasteiger partial charge in [0, 0.05) is 45.7 Å². The van der Waals surface area contributed by atoms with Crippen molar-refractivity contribution in [1.29, 1.82) is 0 Å². The molecule has 4 heteroatoms. The van der Waals surface area contributed by atoms with E-state index in [9.17, 15) is 0 Å². The van der Waals surface area contributed by atoms with Gasteiger partial charge in [-0.05, 0) is 161 Å². The van der Waals surface area contributed by atoms with Crippen LogP contribution in [0.5, 0.6) is 0 Å². The molecule has 4 atom stereocenters. The van der Waals surface area contributed by atoms with Crippen LogP contribution < -0.4 is 20.2 Å². The van der Waals surface area contributed by atoms with Gasteiger partial charge in [-0.3, -0.25) is 0 Å². The molecule has 0 radical (unpaired) electrons. The van der Waals surface area contributed by atoms with Crippen molar-refractivity contribution in [2.75, 3.05) is 14.7 Å². The maximum atomic E-state index is 2.83. The second kappa shape index (κ2) is 15.5. The fraction of sp³-hybridized carbons (Fsp3) is 0.406.